The van der Waals surface area contributed by atoms with Gasteiger partial charge in [0.1, 0.15) is 22.3 Å². The maximum atomic E-state index is 6.68. The lowest BCUT2D eigenvalue weighted by molar-refractivity contribution is 0.669. The number of fused-ring (bicyclic) bond motifs is 12. The molecule has 0 fully saturated rings. The van der Waals surface area contributed by atoms with Gasteiger partial charge in [0.15, 0.2) is 0 Å². The van der Waals surface area contributed by atoms with Crippen molar-refractivity contribution in [1.82, 2.24) is 0 Å². The Morgan fingerprint density at radius 3 is 1.98 bits per heavy atom. The van der Waals surface area contributed by atoms with Gasteiger partial charge >= 0.3 is 0 Å². The molecule has 8 aromatic carbocycles. The second-order valence-electron chi connectivity index (χ2n) is 12.9. The highest BCUT2D eigenvalue weighted by Gasteiger charge is 2.23. The van der Waals surface area contributed by atoms with E-state index in [1.807, 2.05) is 23.5 Å². The fourth-order valence-corrected chi connectivity index (χ4v) is 9.03. The van der Waals surface area contributed by atoms with Crippen molar-refractivity contribution in [2.24, 2.45) is 0 Å². The van der Waals surface area contributed by atoms with Gasteiger partial charge in [-0.25, -0.2) is 0 Å². The van der Waals surface area contributed by atoms with Gasteiger partial charge in [0, 0.05) is 53.8 Å². The smallest absolute Gasteiger partial charge is 0.137 e. The Labute approximate surface area is 290 Å². The van der Waals surface area contributed by atoms with Crippen LogP contribution in [-0.2, 0) is 0 Å². The van der Waals surface area contributed by atoms with Crippen molar-refractivity contribution in [3.63, 3.8) is 0 Å². The number of rotatable bonds is 4. The molecule has 0 aliphatic heterocycles. The van der Waals surface area contributed by atoms with Crippen LogP contribution in [0.25, 0.3) is 85.9 Å². The minimum Gasteiger partial charge on any atom is -0.456 e. The Morgan fingerprint density at radius 1 is 0.400 bits per heavy atom. The van der Waals surface area contributed by atoms with Crippen LogP contribution in [0.1, 0.15) is 0 Å². The molecule has 0 bridgehead atoms. The zero-order valence-electron chi connectivity index (χ0n) is 26.8. The van der Waals surface area contributed by atoms with E-state index in [4.69, 9.17) is 8.83 Å². The number of hydrogen-bond donors (Lipinski definition) is 0. The molecule has 11 rings (SSSR count). The minimum absolute atomic E-state index is 0.858. The highest BCUT2D eigenvalue weighted by atomic mass is 32.1. The molecule has 0 radical (unpaired) electrons. The molecule has 0 saturated heterocycles. The first-order valence-corrected chi connectivity index (χ1v) is 17.7. The van der Waals surface area contributed by atoms with Gasteiger partial charge in [-0.1, -0.05) is 103 Å². The molecule has 3 nitrogen and oxygen atoms in total. The zero-order chi connectivity index (χ0) is 32.8. The Balaban J connectivity index is 1.21. The van der Waals surface area contributed by atoms with E-state index >= 15 is 0 Å². The molecule has 0 spiro atoms. The van der Waals surface area contributed by atoms with Gasteiger partial charge in [-0.3, -0.25) is 0 Å². The number of para-hydroxylation sites is 1. The monoisotopic (exact) mass is 657 g/mol. The van der Waals surface area contributed by atoms with Gasteiger partial charge in [0.2, 0.25) is 0 Å². The fourth-order valence-electron chi connectivity index (χ4n) is 7.79. The molecule has 0 unspecified atom stereocenters. The number of anilines is 3. The first kappa shape index (κ1) is 27.6. The summed E-state index contributed by atoms with van der Waals surface area (Å²) >= 11 is 1.86. The molecule has 0 aliphatic carbocycles. The molecule has 50 heavy (non-hydrogen) atoms. The molecule has 11 aromatic rings. The summed E-state index contributed by atoms with van der Waals surface area (Å²) in [4.78, 5) is 2.35. The molecular formula is C46H27NO2S. The molecule has 0 aliphatic rings. The van der Waals surface area contributed by atoms with Crippen LogP contribution in [0.15, 0.2) is 173 Å². The average molecular weight is 658 g/mol. The predicted octanol–water partition coefficient (Wildman–Crippen LogP) is 14.1. The van der Waals surface area contributed by atoms with Crippen LogP contribution in [0.5, 0.6) is 0 Å². The largest absolute Gasteiger partial charge is 0.456 e. The van der Waals surface area contributed by atoms with Crippen molar-refractivity contribution in [3.05, 3.63) is 164 Å². The summed E-state index contributed by atoms with van der Waals surface area (Å²) in [5.41, 5.74) is 8.98. The summed E-state index contributed by atoms with van der Waals surface area (Å²) < 4.78 is 15.7. The summed E-state index contributed by atoms with van der Waals surface area (Å²) in [7, 11) is 0. The maximum Gasteiger partial charge on any atom is 0.137 e. The quantitative estimate of drug-likeness (QED) is 0.189. The number of benzene rings is 8. The van der Waals surface area contributed by atoms with Gasteiger partial charge in [-0.2, -0.15) is 0 Å². The van der Waals surface area contributed by atoms with Crippen LogP contribution in [0.4, 0.5) is 17.1 Å². The van der Waals surface area contributed by atoms with E-state index < -0.39 is 0 Å². The summed E-state index contributed by atoms with van der Waals surface area (Å²) in [6, 6.07) is 58.1. The Bertz CT molecular complexity index is 3090. The number of thiophene rings is 1. The van der Waals surface area contributed by atoms with Crippen molar-refractivity contribution in [2.45, 2.75) is 0 Å². The van der Waals surface area contributed by atoms with Gasteiger partial charge in [0.05, 0.1) is 11.1 Å². The van der Waals surface area contributed by atoms with Crippen molar-refractivity contribution >= 4 is 103 Å². The van der Waals surface area contributed by atoms with Gasteiger partial charge < -0.3 is 13.7 Å². The van der Waals surface area contributed by atoms with Crippen molar-refractivity contribution < 1.29 is 8.83 Å². The number of hydrogen-bond acceptors (Lipinski definition) is 4. The van der Waals surface area contributed by atoms with E-state index in [-0.39, 0.29) is 0 Å². The van der Waals surface area contributed by atoms with Crippen LogP contribution < -0.4 is 4.90 Å². The molecule has 0 atom stereocenters. The van der Waals surface area contributed by atoms with E-state index in [2.05, 4.69) is 157 Å². The highest BCUT2D eigenvalue weighted by molar-refractivity contribution is 7.27. The molecule has 4 heteroatoms. The minimum atomic E-state index is 0.858. The predicted molar refractivity (Wildman–Crippen MR) is 212 cm³/mol. The van der Waals surface area contributed by atoms with Gasteiger partial charge in [0.25, 0.3) is 0 Å². The number of furan rings is 2. The number of nitrogens with zero attached hydrogens (tertiary/aromatic N) is 1. The van der Waals surface area contributed by atoms with Crippen molar-refractivity contribution in [1.29, 1.82) is 0 Å². The maximum absolute atomic E-state index is 6.68. The van der Waals surface area contributed by atoms with Crippen molar-refractivity contribution in [2.75, 3.05) is 4.90 Å². The Kier molecular flexibility index (Phi) is 5.83. The Hall–Kier alpha value is -6.36. The molecule has 0 N–H and O–H groups in total. The van der Waals surface area contributed by atoms with E-state index in [0.717, 1.165) is 60.9 Å². The molecule has 3 heterocycles. The summed E-state index contributed by atoms with van der Waals surface area (Å²) in [5, 5.41) is 9.51. The molecule has 3 aromatic heterocycles. The third kappa shape index (κ3) is 4.03. The lowest BCUT2D eigenvalue weighted by Crippen LogP contribution is -2.10. The lowest BCUT2D eigenvalue weighted by atomic mass is 10.0. The van der Waals surface area contributed by atoms with Crippen LogP contribution >= 0.6 is 11.3 Å². The third-order valence-electron chi connectivity index (χ3n) is 10.1. The van der Waals surface area contributed by atoms with E-state index in [1.54, 1.807) is 0 Å². The molecular weight excluding hydrogens is 631 g/mol. The first-order chi connectivity index (χ1) is 24.8. The molecule has 234 valence electrons. The Morgan fingerprint density at radius 2 is 1.08 bits per heavy atom. The summed E-state index contributed by atoms with van der Waals surface area (Å²) in [6.45, 7) is 0. The topological polar surface area (TPSA) is 29.5 Å². The summed E-state index contributed by atoms with van der Waals surface area (Å²) in [6.07, 6.45) is 0. The zero-order valence-corrected chi connectivity index (χ0v) is 27.6. The standard InChI is InChI=1S/C46H27NO2S/c1-2-9-28(10-3-1)29-17-20-31(21-18-29)47(32-22-24-35-34-13-6-7-15-38(34)48-41(35)27-32)37-14-8-16-39-44(37)45-40(49-39)25-26-42-43(45)36-23-19-30-11-4-5-12-33(30)46(36)50-42/h1-27H. The van der Waals surface area contributed by atoms with Crippen LogP contribution in [0.3, 0.4) is 0 Å². The van der Waals surface area contributed by atoms with Crippen LogP contribution in [0.2, 0.25) is 0 Å². The normalized spacial score (nSPS) is 12.0. The second kappa shape index (κ2) is 10.6. The fraction of sp³-hybridized carbons (Fsp3) is 0. The molecule has 0 saturated carbocycles. The average Bonchev–Trinajstić information content (AvgIpc) is 3.87. The van der Waals surface area contributed by atoms with Crippen LogP contribution in [-0.4, -0.2) is 0 Å². The SMILES string of the molecule is c1ccc(-c2ccc(N(c3ccc4c(c3)oc3ccccc34)c3cccc4oc5ccc6sc7c8ccccc8ccc7c6c5c34)cc2)cc1. The first-order valence-electron chi connectivity index (χ1n) is 16.8. The van der Waals surface area contributed by atoms with Crippen LogP contribution in [0, 0.1) is 0 Å². The third-order valence-corrected chi connectivity index (χ3v) is 11.3. The summed E-state index contributed by atoms with van der Waals surface area (Å²) in [5.74, 6) is 0. The highest BCUT2D eigenvalue weighted by Crippen LogP contribution is 2.49. The van der Waals surface area contributed by atoms with E-state index in [1.165, 1.54) is 42.1 Å². The molecule has 0 amide bonds. The van der Waals surface area contributed by atoms with Crippen molar-refractivity contribution in [3.8, 4) is 11.1 Å². The van der Waals surface area contributed by atoms with Gasteiger partial charge in [-0.05, 0) is 76.5 Å². The van der Waals surface area contributed by atoms with E-state index in [9.17, 15) is 0 Å². The lowest BCUT2D eigenvalue weighted by Gasteiger charge is -2.26. The van der Waals surface area contributed by atoms with E-state index in [0.29, 0.717) is 0 Å². The second-order valence-corrected chi connectivity index (χ2v) is 13.9. The van der Waals surface area contributed by atoms with Gasteiger partial charge in [-0.15, -0.1) is 11.3 Å².